The Morgan fingerprint density at radius 2 is 1.73 bits per heavy atom. The average Bonchev–Trinajstić information content (AvgIpc) is 3.41. The molecule has 214 valence electrons. The molecule has 1 aromatic heterocycles. The highest BCUT2D eigenvalue weighted by Gasteiger charge is 2.23. The summed E-state index contributed by atoms with van der Waals surface area (Å²) >= 11 is 1.54. The van der Waals surface area contributed by atoms with E-state index in [9.17, 15) is 14.7 Å². The van der Waals surface area contributed by atoms with Crippen molar-refractivity contribution in [3.63, 3.8) is 0 Å². The number of amides is 2. The molecule has 0 bridgehead atoms. The molecule has 4 rings (SSSR count). The number of hydrogen-bond donors (Lipinski definition) is 3. The van der Waals surface area contributed by atoms with Crippen molar-refractivity contribution in [1.82, 2.24) is 20.5 Å². The zero-order valence-corrected chi connectivity index (χ0v) is 24.4. The average molecular weight is 573 g/mol. The van der Waals surface area contributed by atoms with Gasteiger partial charge in [0.25, 0.3) is 11.8 Å². The number of nitrogens with one attached hydrogen (secondary N) is 2. The van der Waals surface area contributed by atoms with Crippen LogP contribution < -0.4 is 15.4 Å². The normalized spacial score (nSPS) is 12.4. The summed E-state index contributed by atoms with van der Waals surface area (Å²) < 4.78 is 5.29. The summed E-state index contributed by atoms with van der Waals surface area (Å²) in [7, 11) is 3.34. The Morgan fingerprint density at radius 3 is 2.46 bits per heavy atom. The Morgan fingerprint density at radius 1 is 1.00 bits per heavy atom. The maximum atomic E-state index is 13.4. The molecule has 2 atom stereocenters. The van der Waals surface area contributed by atoms with Crippen molar-refractivity contribution >= 4 is 23.2 Å². The molecule has 41 heavy (non-hydrogen) atoms. The third-order valence-corrected chi connectivity index (χ3v) is 7.50. The fraction of sp³-hybridized carbons (Fsp3) is 0.281. The van der Waals surface area contributed by atoms with E-state index in [0.717, 1.165) is 27.6 Å². The summed E-state index contributed by atoms with van der Waals surface area (Å²) in [5.41, 5.74) is 3.61. The highest BCUT2D eigenvalue weighted by molar-refractivity contribution is 7.09. The van der Waals surface area contributed by atoms with Crippen LogP contribution in [0.2, 0.25) is 0 Å². The predicted octanol–water partition coefficient (Wildman–Crippen LogP) is 4.22. The van der Waals surface area contributed by atoms with Gasteiger partial charge in [-0.05, 0) is 54.8 Å². The highest BCUT2D eigenvalue weighted by Crippen LogP contribution is 2.15. The number of aliphatic hydroxyl groups is 1. The first kappa shape index (κ1) is 29.9. The number of carbonyl (C=O) groups excluding carboxylic acids is 2. The first-order chi connectivity index (χ1) is 19.8. The molecule has 0 spiro atoms. The standard InChI is InChI=1S/C32H36N4O4S/c1-22-34-27(21-41-22)20-36(2)32(39)26-13-8-12-25(17-26)31(38)35-29(16-23-9-5-4-6-10-23)30(37)19-33-18-24-11-7-14-28(15-24)40-3/h4-15,17,21,29-30,33,37H,16,18-20H2,1-3H3,(H,35,38)/t29-,30+/m0/s1. The Kier molecular flexibility index (Phi) is 10.6. The molecule has 0 radical (unpaired) electrons. The summed E-state index contributed by atoms with van der Waals surface area (Å²) in [6.07, 6.45) is -0.412. The number of aryl methyl sites for hydroxylation is 1. The second kappa shape index (κ2) is 14.5. The van der Waals surface area contributed by atoms with Gasteiger partial charge < -0.3 is 25.4 Å². The smallest absolute Gasteiger partial charge is 0.253 e. The molecule has 0 saturated carbocycles. The van der Waals surface area contributed by atoms with Crippen molar-refractivity contribution in [2.24, 2.45) is 0 Å². The molecule has 0 aliphatic rings. The molecule has 0 unspecified atom stereocenters. The van der Waals surface area contributed by atoms with E-state index in [1.54, 1.807) is 54.7 Å². The molecule has 2 amide bonds. The van der Waals surface area contributed by atoms with E-state index in [1.807, 2.05) is 66.9 Å². The van der Waals surface area contributed by atoms with Gasteiger partial charge in [0.2, 0.25) is 0 Å². The van der Waals surface area contributed by atoms with E-state index in [2.05, 4.69) is 15.6 Å². The molecule has 4 aromatic rings. The number of methoxy groups -OCH3 is 1. The number of thiazole rings is 1. The van der Waals surface area contributed by atoms with Gasteiger partial charge in [-0.2, -0.15) is 0 Å². The lowest BCUT2D eigenvalue weighted by Gasteiger charge is -2.25. The molecule has 3 N–H and O–H groups in total. The number of hydrogen-bond acceptors (Lipinski definition) is 7. The predicted molar refractivity (Wildman–Crippen MR) is 161 cm³/mol. The summed E-state index contributed by atoms with van der Waals surface area (Å²) in [4.78, 5) is 32.5. The summed E-state index contributed by atoms with van der Waals surface area (Å²) in [6, 6.07) is 23.5. The second-order valence-electron chi connectivity index (χ2n) is 9.92. The third kappa shape index (κ3) is 8.72. The van der Waals surface area contributed by atoms with Gasteiger partial charge in [0.1, 0.15) is 5.75 Å². The minimum Gasteiger partial charge on any atom is -0.497 e. The molecule has 1 heterocycles. The Labute approximate surface area is 245 Å². The van der Waals surface area contributed by atoms with Crippen LogP contribution in [0.25, 0.3) is 0 Å². The van der Waals surface area contributed by atoms with Crippen molar-refractivity contribution in [2.45, 2.75) is 38.6 Å². The van der Waals surface area contributed by atoms with Gasteiger partial charge in [0, 0.05) is 36.6 Å². The van der Waals surface area contributed by atoms with Crippen LogP contribution in [0.3, 0.4) is 0 Å². The zero-order chi connectivity index (χ0) is 29.2. The van der Waals surface area contributed by atoms with Gasteiger partial charge in [-0.1, -0.05) is 48.5 Å². The fourth-order valence-corrected chi connectivity index (χ4v) is 5.11. The summed E-state index contributed by atoms with van der Waals surface area (Å²) in [5, 5.41) is 20.3. The van der Waals surface area contributed by atoms with Crippen LogP contribution in [0.1, 0.15) is 42.5 Å². The molecule has 0 fully saturated rings. The molecule has 9 heteroatoms. The Bertz CT molecular complexity index is 1440. The first-order valence-electron chi connectivity index (χ1n) is 13.5. The van der Waals surface area contributed by atoms with Crippen LogP contribution in [0, 0.1) is 6.92 Å². The number of carbonyl (C=O) groups is 2. The van der Waals surface area contributed by atoms with Crippen LogP contribution in [0.15, 0.2) is 84.2 Å². The number of benzene rings is 3. The molecule has 0 saturated heterocycles. The SMILES string of the molecule is COc1cccc(CNC[C@@H](O)[C@H](Cc2ccccc2)NC(=O)c2cccc(C(=O)N(C)Cc3csc(C)n3)c2)c1. The van der Waals surface area contributed by atoms with Gasteiger partial charge in [-0.3, -0.25) is 9.59 Å². The lowest BCUT2D eigenvalue weighted by atomic mass is 10.00. The lowest BCUT2D eigenvalue weighted by Crippen LogP contribution is -2.48. The van der Waals surface area contributed by atoms with Crippen LogP contribution >= 0.6 is 11.3 Å². The second-order valence-corrected chi connectivity index (χ2v) is 11.0. The van der Waals surface area contributed by atoms with Gasteiger partial charge in [0.15, 0.2) is 0 Å². The van der Waals surface area contributed by atoms with Gasteiger partial charge in [-0.15, -0.1) is 11.3 Å². The van der Waals surface area contributed by atoms with Gasteiger partial charge >= 0.3 is 0 Å². The van der Waals surface area contributed by atoms with E-state index in [-0.39, 0.29) is 18.4 Å². The zero-order valence-electron chi connectivity index (χ0n) is 23.5. The molecular weight excluding hydrogens is 536 g/mol. The van der Waals surface area contributed by atoms with E-state index in [0.29, 0.717) is 30.6 Å². The molecular formula is C32H36N4O4S. The quantitative estimate of drug-likeness (QED) is 0.222. The Hall–Kier alpha value is -4.05. The number of rotatable bonds is 13. The van der Waals surface area contributed by atoms with E-state index in [1.165, 1.54) is 0 Å². The van der Waals surface area contributed by atoms with Crippen molar-refractivity contribution < 1.29 is 19.4 Å². The van der Waals surface area contributed by atoms with Gasteiger partial charge in [0.05, 0.1) is 36.5 Å². The van der Waals surface area contributed by atoms with E-state index >= 15 is 0 Å². The highest BCUT2D eigenvalue weighted by atomic mass is 32.1. The Balaban J connectivity index is 1.42. The molecule has 8 nitrogen and oxygen atoms in total. The monoisotopic (exact) mass is 572 g/mol. The van der Waals surface area contributed by atoms with Crippen molar-refractivity contribution in [2.75, 3.05) is 20.7 Å². The molecule has 0 aliphatic heterocycles. The van der Waals surface area contributed by atoms with Crippen LogP contribution in [-0.4, -0.2) is 59.7 Å². The number of aromatic nitrogens is 1. The minimum atomic E-state index is -0.859. The molecule has 0 aliphatic carbocycles. The van der Waals surface area contributed by atoms with Crippen molar-refractivity contribution in [1.29, 1.82) is 0 Å². The summed E-state index contributed by atoms with van der Waals surface area (Å²) in [6.45, 7) is 3.12. The maximum absolute atomic E-state index is 13.4. The van der Waals surface area contributed by atoms with Crippen LogP contribution in [-0.2, 0) is 19.5 Å². The minimum absolute atomic E-state index is 0.201. The van der Waals surface area contributed by atoms with E-state index in [4.69, 9.17) is 4.74 Å². The number of ether oxygens (including phenoxy) is 1. The number of nitrogens with zero attached hydrogens (tertiary/aromatic N) is 2. The topological polar surface area (TPSA) is 104 Å². The number of aliphatic hydroxyl groups excluding tert-OH is 1. The maximum Gasteiger partial charge on any atom is 0.253 e. The van der Waals surface area contributed by atoms with Crippen LogP contribution in [0.4, 0.5) is 0 Å². The lowest BCUT2D eigenvalue weighted by molar-refractivity contribution is 0.0783. The van der Waals surface area contributed by atoms with Gasteiger partial charge in [-0.25, -0.2) is 4.98 Å². The van der Waals surface area contributed by atoms with Crippen molar-refractivity contribution in [3.8, 4) is 5.75 Å². The van der Waals surface area contributed by atoms with Crippen LogP contribution in [0.5, 0.6) is 5.75 Å². The van der Waals surface area contributed by atoms with Crippen molar-refractivity contribution in [3.05, 3.63) is 117 Å². The fourth-order valence-electron chi connectivity index (χ4n) is 4.50. The molecule has 3 aromatic carbocycles. The summed E-state index contributed by atoms with van der Waals surface area (Å²) in [5.74, 6) is 0.210. The van der Waals surface area contributed by atoms with E-state index < -0.39 is 12.1 Å². The largest absolute Gasteiger partial charge is 0.497 e. The third-order valence-electron chi connectivity index (χ3n) is 6.68. The first-order valence-corrected chi connectivity index (χ1v) is 14.3.